The molecular weight excluding hydrogens is 358 g/mol. The molecule has 6 nitrogen and oxygen atoms in total. The Bertz CT molecular complexity index is 862. The maximum atomic E-state index is 13.0. The van der Waals surface area contributed by atoms with E-state index in [1.807, 2.05) is 13.0 Å². The summed E-state index contributed by atoms with van der Waals surface area (Å²) in [6.07, 6.45) is 7.24. The Kier molecular flexibility index (Phi) is 6.47. The average Bonchev–Trinajstić information content (AvgIpc) is 2.98. The number of rotatable bonds is 7. The molecule has 1 amide bonds. The number of benzene rings is 1. The number of methoxy groups -OCH3 is 1. The molecule has 1 heterocycles. The van der Waals surface area contributed by atoms with Gasteiger partial charge in [-0.05, 0) is 24.2 Å². The summed E-state index contributed by atoms with van der Waals surface area (Å²) in [5, 5.41) is 7.99. The minimum atomic E-state index is -1.94. The van der Waals surface area contributed by atoms with Crippen molar-refractivity contribution in [1.82, 2.24) is 9.78 Å². The molecule has 1 aromatic heterocycles. The van der Waals surface area contributed by atoms with Gasteiger partial charge in [0.05, 0.1) is 14.7 Å². The first-order valence-corrected chi connectivity index (χ1v) is 12.3. The van der Waals surface area contributed by atoms with E-state index in [-0.39, 0.29) is 12.0 Å². The fourth-order valence-electron chi connectivity index (χ4n) is 2.90. The highest BCUT2D eigenvalue weighted by atomic mass is 28.3. The highest BCUT2D eigenvalue weighted by Crippen LogP contribution is 2.22. The molecule has 2 rings (SSSR count). The number of anilines is 1. The van der Waals surface area contributed by atoms with Crippen molar-refractivity contribution < 1.29 is 14.3 Å². The molecule has 2 aromatic rings. The van der Waals surface area contributed by atoms with Crippen LogP contribution in [0.4, 0.5) is 5.82 Å². The Hall–Kier alpha value is -2.56. The summed E-state index contributed by atoms with van der Waals surface area (Å²) >= 11 is 0. The third-order valence-electron chi connectivity index (χ3n) is 3.95. The molecule has 0 unspecified atom stereocenters. The lowest BCUT2D eigenvalue weighted by molar-refractivity contribution is 0.0924. The quantitative estimate of drug-likeness (QED) is 0.588. The molecular formula is C20H27N3O3Si. The van der Waals surface area contributed by atoms with Gasteiger partial charge in [0.1, 0.15) is 11.9 Å². The van der Waals surface area contributed by atoms with Crippen LogP contribution in [-0.2, 0) is 11.8 Å². The minimum absolute atomic E-state index is 0.162. The van der Waals surface area contributed by atoms with Crippen molar-refractivity contribution in [3.63, 3.8) is 0 Å². The van der Waals surface area contributed by atoms with Crippen molar-refractivity contribution in [3.8, 4) is 18.1 Å². The van der Waals surface area contributed by atoms with Crippen LogP contribution in [0.15, 0.2) is 24.4 Å². The first-order chi connectivity index (χ1) is 12.7. The lowest BCUT2D eigenvalue weighted by Gasteiger charge is -2.26. The SMILES string of the molecule is C#Cc1cc(O[C@@H](C)COC)c([Si](C)(C)C)c(C(=O)Nc2ccn(C)n2)c1. The third kappa shape index (κ3) is 5.22. The lowest BCUT2D eigenvalue weighted by Crippen LogP contribution is -2.44. The normalized spacial score (nSPS) is 12.3. The van der Waals surface area contributed by atoms with Crippen LogP contribution in [0.2, 0.25) is 19.6 Å². The Morgan fingerprint density at radius 3 is 2.63 bits per heavy atom. The summed E-state index contributed by atoms with van der Waals surface area (Å²) in [6.45, 7) is 8.88. The van der Waals surface area contributed by atoms with Gasteiger partial charge < -0.3 is 14.8 Å². The number of carbonyl (C=O) groups excluding carboxylic acids is 1. The van der Waals surface area contributed by atoms with Crippen LogP contribution >= 0.6 is 0 Å². The molecule has 144 valence electrons. The number of carbonyl (C=O) groups is 1. The van der Waals surface area contributed by atoms with E-state index in [0.717, 1.165) is 5.19 Å². The second kappa shape index (κ2) is 8.42. The molecule has 0 fully saturated rings. The van der Waals surface area contributed by atoms with Gasteiger partial charge in [-0.2, -0.15) is 5.10 Å². The van der Waals surface area contributed by atoms with E-state index in [1.54, 1.807) is 37.2 Å². The first-order valence-electron chi connectivity index (χ1n) is 8.77. The van der Waals surface area contributed by atoms with Crippen molar-refractivity contribution in [1.29, 1.82) is 0 Å². The molecule has 0 radical (unpaired) electrons. The fraction of sp³-hybridized carbons (Fsp3) is 0.400. The standard InChI is InChI=1S/C20H27N3O3Si/c1-8-15-11-16(20(24)21-18-9-10-23(3)22-18)19(27(5,6)7)17(12-15)26-14(2)13-25-4/h1,9-12,14H,13H2,2-7H3,(H,21,22,24)/t14-/m0/s1. The van der Waals surface area contributed by atoms with Crippen molar-refractivity contribution >= 4 is 25.0 Å². The highest BCUT2D eigenvalue weighted by molar-refractivity contribution is 6.90. The van der Waals surface area contributed by atoms with Gasteiger partial charge >= 0.3 is 0 Å². The van der Waals surface area contributed by atoms with Gasteiger partial charge in [0, 0.05) is 37.5 Å². The van der Waals surface area contributed by atoms with Gasteiger partial charge in [-0.15, -0.1) is 6.42 Å². The van der Waals surface area contributed by atoms with Crippen LogP contribution < -0.4 is 15.2 Å². The zero-order valence-corrected chi connectivity index (χ0v) is 17.8. The molecule has 0 saturated carbocycles. The summed E-state index contributed by atoms with van der Waals surface area (Å²) in [6, 6.07) is 5.33. The number of nitrogens with zero attached hydrogens (tertiary/aromatic N) is 2. The lowest BCUT2D eigenvalue weighted by atomic mass is 10.1. The summed E-state index contributed by atoms with van der Waals surface area (Å²) < 4.78 is 12.9. The van der Waals surface area contributed by atoms with Crippen LogP contribution in [0.3, 0.4) is 0 Å². The number of hydrogen-bond donors (Lipinski definition) is 1. The molecule has 1 aromatic carbocycles. The topological polar surface area (TPSA) is 65.4 Å². The Morgan fingerprint density at radius 1 is 1.41 bits per heavy atom. The largest absolute Gasteiger partial charge is 0.488 e. The van der Waals surface area contributed by atoms with E-state index < -0.39 is 8.07 Å². The molecule has 1 atom stereocenters. The predicted octanol–water partition coefficient (Wildman–Crippen LogP) is 2.61. The second-order valence-corrected chi connectivity index (χ2v) is 12.5. The van der Waals surface area contributed by atoms with Crippen molar-refractivity contribution in [2.45, 2.75) is 32.7 Å². The maximum absolute atomic E-state index is 13.0. The molecule has 27 heavy (non-hydrogen) atoms. The van der Waals surface area contributed by atoms with E-state index in [9.17, 15) is 4.79 Å². The third-order valence-corrected chi connectivity index (χ3v) is 5.96. The van der Waals surface area contributed by atoms with Gasteiger partial charge in [0.25, 0.3) is 5.91 Å². The number of hydrogen-bond acceptors (Lipinski definition) is 4. The highest BCUT2D eigenvalue weighted by Gasteiger charge is 2.29. The molecule has 0 aliphatic carbocycles. The Morgan fingerprint density at radius 2 is 2.11 bits per heavy atom. The van der Waals surface area contributed by atoms with Gasteiger partial charge in [0.2, 0.25) is 0 Å². The van der Waals surface area contributed by atoms with Crippen molar-refractivity contribution in [3.05, 3.63) is 35.5 Å². The molecule has 0 saturated heterocycles. The molecule has 0 bridgehead atoms. The van der Waals surface area contributed by atoms with Gasteiger partial charge in [0.15, 0.2) is 5.82 Å². The fourth-order valence-corrected chi connectivity index (χ4v) is 4.76. The van der Waals surface area contributed by atoms with Gasteiger partial charge in [-0.25, -0.2) is 0 Å². The van der Waals surface area contributed by atoms with Gasteiger partial charge in [-0.3, -0.25) is 9.48 Å². The number of ether oxygens (including phenoxy) is 2. The number of nitrogens with one attached hydrogen (secondary N) is 1. The average molecular weight is 386 g/mol. The zero-order valence-electron chi connectivity index (χ0n) is 16.8. The van der Waals surface area contributed by atoms with Crippen LogP contribution in [0.25, 0.3) is 0 Å². The van der Waals surface area contributed by atoms with Crippen LogP contribution in [0, 0.1) is 12.3 Å². The molecule has 0 aliphatic heterocycles. The Balaban J connectivity index is 2.53. The summed E-state index contributed by atoms with van der Waals surface area (Å²) in [4.78, 5) is 13.0. The molecule has 0 spiro atoms. The predicted molar refractivity (Wildman–Crippen MR) is 110 cm³/mol. The van der Waals surface area contributed by atoms with Crippen molar-refractivity contribution in [2.24, 2.45) is 7.05 Å². The number of terminal acetylenes is 1. The van der Waals surface area contributed by atoms with E-state index in [4.69, 9.17) is 15.9 Å². The van der Waals surface area contributed by atoms with Gasteiger partial charge in [-0.1, -0.05) is 25.6 Å². The summed E-state index contributed by atoms with van der Waals surface area (Å²) in [7, 11) is 1.48. The maximum Gasteiger partial charge on any atom is 0.256 e. The van der Waals surface area contributed by atoms with E-state index in [0.29, 0.717) is 29.3 Å². The van der Waals surface area contributed by atoms with Crippen LogP contribution in [0.5, 0.6) is 5.75 Å². The number of amides is 1. The molecule has 1 N–H and O–H groups in total. The minimum Gasteiger partial charge on any atom is -0.488 e. The number of aromatic nitrogens is 2. The summed E-state index contributed by atoms with van der Waals surface area (Å²) in [5.41, 5.74) is 1.14. The van der Waals surface area contributed by atoms with Crippen molar-refractivity contribution in [2.75, 3.05) is 19.0 Å². The smallest absolute Gasteiger partial charge is 0.256 e. The van der Waals surface area contributed by atoms with E-state index >= 15 is 0 Å². The monoisotopic (exact) mass is 385 g/mol. The van der Waals surface area contributed by atoms with E-state index in [2.05, 4.69) is 36.0 Å². The zero-order chi connectivity index (χ0) is 20.2. The number of aryl methyl sites for hydroxylation is 1. The van der Waals surface area contributed by atoms with E-state index in [1.165, 1.54) is 0 Å². The van der Waals surface area contributed by atoms with Crippen LogP contribution in [0.1, 0.15) is 22.8 Å². The summed E-state index contributed by atoms with van der Waals surface area (Å²) in [5.74, 6) is 3.52. The Labute approximate surface area is 161 Å². The molecule has 7 heteroatoms. The first kappa shape index (κ1) is 20.7. The van der Waals surface area contributed by atoms with Crippen LogP contribution in [-0.4, -0.2) is 43.6 Å². The molecule has 0 aliphatic rings. The second-order valence-electron chi connectivity index (χ2n) is 7.50.